The third-order valence-electron chi connectivity index (χ3n) is 7.04. The van der Waals surface area contributed by atoms with Crippen molar-refractivity contribution in [3.8, 4) is 44.5 Å². The summed E-state index contributed by atoms with van der Waals surface area (Å²) < 4.78 is 6.69. The normalized spacial score (nSPS) is 11.1. The highest BCUT2D eigenvalue weighted by Crippen LogP contribution is 2.41. The van der Waals surface area contributed by atoms with Crippen molar-refractivity contribution in [3.05, 3.63) is 139 Å². The molecule has 7 aromatic rings. The van der Waals surface area contributed by atoms with Crippen LogP contribution in [0.15, 0.2) is 132 Å². The summed E-state index contributed by atoms with van der Waals surface area (Å²) in [5.74, 6) is 0. The number of hydrogen-bond acceptors (Lipinski definition) is 3. The first kappa shape index (κ1) is 22.7. The van der Waals surface area contributed by atoms with E-state index in [4.69, 9.17) is 11.0 Å². The van der Waals surface area contributed by atoms with E-state index in [1.807, 2.05) is 54.9 Å². The zero-order valence-corrected chi connectivity index (χ0v) is 20.9. The van der Waals surface area contributed by atoms with Crippen LogP contribution in [-0.2, 0) is 0 Å². The molecule has 4 nitrogen and oxygen atoms in total. The lowest BCUT2D eigenvalue weighted by atomic mass is 9.93. The minimum atomic E-state index is 0.608. The molecule has 3 aromatic heterocycles. The Kier molecular flexibility index (Phi) is 5.46. The number of nitrogens with zero attached hydrogens (tertiary/aromatic N) is 3. The molecule has 0 spiro atoms. The summed E-state index contributed by atoms with van der Waals surface area (Å²) in [4.78, 5) is 12.3. The Balaban J connectivity index is 1.47. The van der Waals surface area contributed by atoms with Crippen molar-refractivity contribution in [1.82, 2.24) is 9.97 Å². The topological polar surface area (TPSA) is 43.3 Å². The molecule has 0 saturated carbocycles. The highest BCUT2D eigenvalue weighted by atomic mass is 16.3. The molecule has 7 rings (SSSR count). The van der Waals surface area contributed by atoms with Crippen LogP contribution in [0, 0.1) is 6.57 Å². The zero-order chi connectivity index (χ0) is 26.2. The Labute approximate surface area is 225 Å². The lowest BCUT2D eigenvalue weighted by Crippen LogP contribution is -1.87. The van der Waals surface area contributed by atoms with Crippen molar-refractivity contribution < 1.29 is 4.42 Å². The lowest BCUT2D eigenvalue weighted by molar-refractivity contribution is 0.671. The number of fused-ring (bicyclic) bond motifs is 3. The Morgan fingerprint density at radius 2 is 1.05 bits per heavy atom. The highest BCUT2D eigenvalue weighted by molar-refractivity contribution is 6.13. The lowest BCUT2D eigenvalue weighted by Gasteiger charge is -2.11. The van der Waals surface area contributed by atoms with Gasteiger partial charge in [0.15, 0.2) is 5.69 Å². The van der Waals surface area contributed by atoms with Gasteiger partial charge in [-0.25, -0.2) is 4.85 Å². The Morgan fingerprint density at radius 3 is 1.62 bits per heavy atom. The number of benzene rings is 4. The summed E-state index contributed by atoms with van der Waals surface area (Å²) in [6.07, 6.45) is 7.35. The van der Waals surface area contributed by atoms with Crippen molar-refractivity contribution in [2.45, 2.75) is 0 Å². The quantitative estimate of drug-likeness (QED) is 0.226. The van der Waals surface area contributed by atoms with Gasteiger partial charge in [0.25, 0.3) is 0 Å². The van der Waals surface area contributed by atoms with E-state index in [1.54, 1.807) is 12.4 Å². The molecule has 39 heavy (non-hydrogen) atoms. The summed E-state index contributed by atoms with van der Waals surface area (Å²) in [5.41, 5.74) is 10.5. The van der Waals surface area contributed by atoms with Crippen LogP contribution in [0.5, 0.6) is 0 Å². The van der Waals surface area contributed by atoms with E-state index in [9.17, 15) is 0 Å². The molecule has 0 atom stereocenters. The van der Waals surface area contributed by atoms with E-state index < -0.39 is 0 Å². The van der Waals surface area contributed by atoms with Gasteiger partial charge in [0.05, 0.1) is 6.57 Å². The Morgan fingerprint density at radius 1 is 0.513 bits per heavy atom. The van der Waals surface area contributed by atoms with Gasteiger partial charge in [-0.1, -0.05) is 66.7 Å². The Hall–Kier alpha value is -5.53. The fourth-order valence-corrected chi connectivity index (χ4v) is 5.20. The average molecular weight is 500 g/mol. The molecule has 0 fully saturated rings. The van der Waals surface area contributed by atoms with Gasteiger partial charge in [-0.15, -0.1) is 0 Å². The van der Waals surface area contributed by atoms with Crippen molar-refractivity contribution in [2.75, 3.05) is 0 Å². The molecule has 0 aliphatic carbocycles. The number of furan rings is 1. The van der Waals surface area contributed by atoms with E-state index in [0.29, 0.717) is 5.69 Å². The van der Waals surface area contributed by atoms with Crippen molar-refractivity contribution >= 4 is 27.6 Å². The molecule has 3 heterocycles. The van der Waals surface area contributed by atoms with Gasteiger partial charge >= 0.3 is 0 Å². The number of hydrogen-bond donors (Lipinski definition) is 0. The van der Waals surface area contributed by atoms with Crippen molar-refractivity contribution in [3.63, 3.8) is 0 Å². The molecule has 0 bridgehead atoms. The van der Waals surface area contributed by atoms with Gasteiger partial charge in [-0.2, -0.15) is 0 Å². The van der Waals surface area contributed by atoms with E-state index in [2.05, 4.69) is 75.5 Å². The van der Waals surface area contributed by atoms with Gasteiger partial charge in [-0.05, 0) is 58.7 Å². The van der Waals surface area contributed by atoms with Crippen LogP contribution in [0.2, 0.25) is 0 Å². The predicted molar refractivity (Wildman–Crippen MR) is 157 cm³/mol. The Bertz CT molecular complexity index is 1960. The third-order valence-corrected chi connectivity index (χ3v) is 7.04. The minimum Gasteiger partial charge on any atom is -0.455 e. The molecule has 4 aromatic carbocycles. The number of para-hydroxylation sites is 2. The van der Waals surface area contributed by atoms with E-state index >= 15 is 0 Å². The molecule has 0 N–H and O–H groups in total. The molecular formula is C35H21N3O. The van der Waals surface area contributed by atoms with Gasteiger partial charge in [0, 0.05) is 57.8 Å². The molecule has 0 aliphatic rings. The molecule has 182 valence electrons. The van der Waals surface area contributed by atoms with Crippen molar-refractivity contribution in [2.24, 2.45) is 0 Å². The van der Waals surface area contributed by atoms with Gasteiger partial charge < -0.3 is 4.42 Å². The number of aromatic nitrogens is 2. The molecule has 0 saturated heterocycles. The van der Waals surface area contributed by atoms with Crippen LogP contribution in [0.1, 0.15) is 0 Å². The number of pyridine rings is 2. The second kappa shape index (κ2) is 9.41. The van der Waals surface area contributed by atoms with Crippen LogP contribution < -0.4 is 0 Å². The third kappa shape index (κ3) is 4.03. The van der Waals surface area contributed by atoms with E-state index in [1.165, 1.54) is 0 Å². The molecule has 4 heteroatoms. The largest absolute Gasteiger partial charge is 0.455 e. The SMILES string of the molecule is [C-]#[N+]c1cccc(-c2cccc3c2oc2c(-c4cc(-c5cccnc5)cc(-c5cccnc5)c4)cccc23)c1. The molecule has 0 amide bonds. The predicted octanol–water partition coefficient (Wildman–Crippen LogP) is 9.59. The second-order valence-corrected chi connectivity index (χ2v) is 9.41. The van der Waals surface area contributed by atoms with Gasteiger partial charge in [0.2, 0.25) is 0 Å². The van der Waals surface area contributed by atoms with Crippen LogP contribution in [0.25, 0.3) is 71.3 Å². The second-order valence-electron chi connectivity index (χ2n) is 9.41. The van der Waals surface area contributed by atoms with Crippen LogP contribution >= 0.6 is 0 Å². The van der Waals surface area contributed by atoms with Crippen LogP contribution in [0.3, 0.4) is 0 Å². The molecule has 0 unspecified atom stereocenters. The maximum atomic E-state index is 7.43. The fraction of sp³-hybridized carbons (Fsp3) is 0. The fourth-order valence-electron chi connectivity index (χ4n) is 5.20. The summed E-state index contributed by atoms with van der Waals surface area (Å²) in [6.45, 7) is 7.43. The van der Waals surface area contributed by atoms with Gasteiger partial charge in [-0.3, -0.25) is 9.97 Å². The molecule has 0 radical (unpaired) electrons. The zero-order valence-electron chi connectivity index (χ0n) is 20.9. The first-order valence-electron chi connectivity index (χ1n) is 12.7. The van der Waals surface area contributed by atoms with Gasteiger partial charge in [0.1, 0.15) is 11.2 Å². The number of rotatable bonds is 4. The maximum absolute atomic E-state index is 7.43. The summed E-state index contributed by atoms with van der Waals surface area (Å²) >= 11 is 0. The monoisotopic (exact) mass is 499 g/mol. The van der Waals surface area contributed by atoms with Crippen molar-refractivity contribution in [1.29, 1.82) is 0 Å². The minimum absolute atomic E-state index is 0.608. The van der Waals surface area contributed by atoms with Crippen LogP contribution in [-0.4, -0.2) is 9.97 Å². The standard InChI is InChI=1S/C35H21N3O/c1-36-29-10-2-7-23(20-29)30-11-3-13-32-33-14-4-12-31(35(33)39-34(30)32)28-18-26(24-8-5-15-37-21-24)17-27(19-28)25-9-6-16-38-22-25/h2-22H. The summed E-state index contributed by atoms with van der Waals surface area (Å²) in [6, 6.07) is 34.8. The maximum Gasteiger partial charge on any atom is 0.187 e. The van der Waals surface area contributed by atoms with E-state index in [0.717, 1.165) is 66.4 Å². The van der Waals surface area contributed by atoms with E-state index in [-0.39, 0.29) is 0 Å². The van der Waals surface area contributed by atoms with Crippen LogP contribution in [0.4, 0.5) is 5.69 Å². The first-order valence-corrected chi connectivity index (χ1v) is 12.7. The first-order chi connectivity index (χ1) is 19.3. The summed E-state index contributed by atoms with van der Waals surface area (Å²) in [7, 11) is 0. The summed E-state index contributed by atoms with van der Waals surface area (Å²) in [5, 5.41) is 2.11. The average Bonchev–Trinajstić information content (AvgIpc) is 3.41. The highest BCUT2D eigenvalue weighted by Gasteiger charge is 2.17. The molecular weight excluding hydrogens is 478 g/mol. The molecule has 0 aliphatic heterocycles. The smallest absolute Gasteiger partial charge is 0.187 e.